The Labute approximate surface area is 163 Å². The number of carbonyl (C=O) groups excluding carboxylic acids is 2. The second-order valence-corrected chi connectivity index (χ2v) is 7.89. The summed E-state index contributed by atoms with van der Waals surface area (Å²) >= 11 is 1.44. The molecule has 1 atom stereocenters. The van der Waals surface area contributed by atoms with Gasteiger partial charge in [-0.05, 0) is 43.1 Å². The third-order valence-electron chi connectivity index (χ3n) is 5.07. The van der Waals surface area contributed by atoms with Gasteiger partial charge in [0, 0.05) is 29.7 Å². The predicted molar refractivity (Wildman–Crippen MR) is 108 cm³/mol. The summed E-state index contributed by atoms with van der Waals surface area (Å²) in [7, 11) is 0. The quantitative estimate of drug-likeness (QED) is 0.781. The van der Waals surface area contributed by atoms with Crippen molar-refractivity contribution in [2.75, 3.05) is 30.3 Å². The minimum Gasteiger partial charge on any atom is -0.348 e. The second-order valence-electron chi connectivity index (χ2n) is 6.87. The normalized spacial score (nSPS) is 18.4. The zero-order valence-electron chi connectivity index (χ0n) is 15.1. The van der Waals surface area contributed by atoms with Crippen molar-refractivity contribution in [3.05, 3.63) is 59.7 Å². The number of fused-ring (bicyclic) bond motifs is 1. The zero-order valence-corrected chi connectivity index (χ0v) is 15.9. The van der Waals surface area contributed by atoms with E-state index in [2.05, 4.69) is 16.7 Å². The van der Waals surface area contributed by atoms with E-state index in [1.165, 1.54) is 17.3 Å². The van der Waals surface area contributed by atoms with Crippen LogP contribution in [0.2, 0.25) is 0 Å². The Morgan fingerprint density at radius 1 is 1.15 bits per heavy atom. The van der Waals surface area contributed by atoms with Crippen LogP contribution in [0.25, 0.3) is 0 Å². The first-order valence-electron chi connectivity index (χ1n) is 9.34. The lowest BCUT2D eigenvalue weighted by Gasteiger charge is -2.18. The van der Waals surface area contributed by atoms with E-state index in [0.717, 1.165) is 43.1 Å². The van der Waals surface area contributed by atoms with E-state index >= 15 is 0 Å². The molecule has 2 aliphatic heterocycles. The molecule has 4 rings (SSSR count). The number of thioether (sulfide) groups is 1. The highest BCUT2D eigenvalue weighted by molar-refractivity contribution is 8.00. The molecule has 140 valence electrons. The van der Waals surface area contributed by atoms with Gasteiger partial charge in [-0.15, -0.1) is 11.8 Å². The summed E-state index contributed by atoms with van der Waals surface area (Å²) in [6.45, 7) is 2.48. The zero-order chi connectivity index (χ0) is 18.6. The number of benzene rings is 2. The molecule has 2 aromatic rings. The molecular formula is C21H23N3O2S. The van der Waals surface area contributed by atoms with E-state index in [1.807, 2.05) is 47.4 Å². The van der Waals surface area contributed by atoms with Gasteiger partial charge >= 0.3 is 0 Å². The first-order valence-corrected chi connectivity index (χ1v) is 10.3. The maximum absolute atomic E-state index is 12.7. The lowest BCUT2D eigenvalue weighted by atomic mass is 10.2. The van der Waals surface area contributed by atoms with Gasteiger partial charge in [0.05, 0.1) is 11.3 Å². The molecule has 0 aromatic heterocycles. The summed E-state index contributed by atoms with van der Waals surface area (Å²) in [5.41, 5.74) is 2.88. The summed E-state index contributed by atoms with van der Waals surface area (Å²) in [6, 6.07) is 15.8. The highest BCUT2D eigenvalue weighted by Crippen LogP contribution is 2.29. The Balaban J connectivity index is 1.41. The maximum atomic E-state index is 12.7. The van der Waals surface area contributed by atoms with Crippen LogP contribution in [0.3, 0.4) is 0 Å². The van der Waals surface area contributed by atoms with Crippen LogP contribution in [0, 0.1) is 0 Å². The fourth-order valence-corrected chi connectivity index (χ4v) is 4.56. The van der Waals surface area contributed by atoms with E-state index in [4.69, 9.17) is 0 Å². The Morgan fingerprint density at radius 2 is 1.96 bits per heavy atom. The molecule has 2 aromatic carbocycles. The first kappa shape index (κ1) is 18.1. The van der Waals surface area contributed by atoms with E-state index in [9.17, 15) is 9.59 Å². The topological polar surface area (TPSA) is 61.4 Å². The van der Waals surface area contributed by atoms with Crippen molar-refractivity contribution in [3.8, 4) is 0 Å². The molecule has 0 radical (unpaired) electrons. The van der Waals surface area contributed by atoms with Crippen LogP contribution in [0.5, 0.6) is 0 Å². The summed E-state index contributed by atoms with van der Waals surface area (Å²) in [4.78, 5) is 28.1. The van der Waals surface area contributed by atoms with Crippen molar-refractivity contribution >= 4 is 29.3 Å². The molecule has 6 heteroatoms. The average Bonchev–Trinajstić information content (AvgIpc) is 3.36. The summed E-state index contributed by atoms with van der Waals surface area (Å²) in [5, 5.41) is 6.33. The molecular weight excluding hydrogens is 358 g/mol. The highest BCUT2D eigenvalue weighted by atomic mass is 32.2. The van der Waals surface area contributed by atoms with Crippen LogP contribution >= 0.6 is 11.8 Å². The van der Waals surface area contributed by atoms with Crippen molar-refractivity contribution in [1.82, 2.24) is 10.6 Å². The van der Waals surface area contributed by atoms with Gasteiger partial charge in [-0.3, -0.25) is 9.59 Å². The maximum Gasteiger partial charge on any atom is 0.252 e. The minimum absolute atomic E-state index is 0.0641. The molecule has 2 amide bonds. The van der Waals surface area contributed by atoms with Crippen LogP contribution in [0.4, 0.5) is 5.69 Å². The molecule has 1 unspecified atom stereocenters. The molecule has 0 bridgehead atoms. The Morgan fingerprint density at radius 3 is 2.81 bits per heavy atom. The Bertz CT molecular complexity index is 849. The van der Waals surface area contributed by atoms with Gasteiger partial charge in [0.25, 0.3) is 5.91 Å². The Hall–Kier alpha value is -2.31. The predicted octanol–water partition coefficient (Wildman–Crippen LogP) is 2.46. The minimum atomic E-state index is -0.0641. The van der Waals surface area contributed by atoms with Crippen molar-refractivity contribution < 1.29 is 9.59 Å². The summed E-state index contributed by atoms with van der Waals surface area (Å²) < 4.78 is 0. The third kappa shape index (κ3) is 4.01. The fourth-order valence-electron chi connectivity index (χ4n) is 3.64. The van der Waals surface area contributed by atoms with Gasteiger partial charge in [-0.1, -0.05) is 30.3 Å². The smallest absolute Gasteiger partial charge is 0.252 e. The van der Waals surface area contributed by atoms with Crippen LogP contribution in [-0.4, -0.2) is 43.2 Å². The largest absolute Gasteiger partial charge is 0.348 e. The van der Waals surface area contributed by atoms with Crippen molar-refractivity contribution in [1.29, 1.82) is 0 Å². The second kappa shape index (κ2) is 8.15. The van der Waals surface area contributed by atoms with Gasteiger partial charge in [-0.25, -0.2) is 0 Å². The van der Waals surface area contributed by atoms with Gasteiger partial charge in [0.15, 0.2) is 0 Å². The van der Waals surface area contributed by atoms with Crippen LogP contribution in [0.1, 0.15) is 22.3 Å². The lowest BCUT2D eigenvalue weighted by Crippen LogP contribution is -2.36. The van der Waals surface area contributed by atoms with Crippen LogP contribution in [0.15, 0.2) is 53.4 Å². The van der Waals surface area contributed by atoms with Gasteiger partial charge in [0.1, 0.15) is 0 Å². The van der Waals surface area contributed by atoms with E-state index in [0.29, 0.717) is 11.3 Å². The number of nitrogens with zero attached hydrogens (tertiary/aromatic N) is 1. The SMILES string of the molecule is O=C(NC1CCNC1)c1ccccc1SCC(=O)N1CCc2ccccc21. The van der Waals surface area contributed by atoms with Crippen molar-refractivity contribution in [3.63, 3.8) is 0 Å². The number of amides is 2. The van der Waals surface area contributed by atoms with Crippen molar-refractivity contribution in [2.45, 2.75) is 23.8 Å². The number of anilines is 1. The van der Waals surface area contributed by atoms with Gasteiger partial charge in [0.2, 0.25) is 5.91 Å². The summed E-state index contributed by atoms with van der Waals surface area (Å²) in [6.07, 6.45) is 1.86. The molecule has 0 aliphatic carbocycles. The number of para-hydroxylation sites is 1. The molecule has 27 heavy (non-hydrogen) atoms. The fraction of sp³-hybridized carbons (Fsp3) is 0.333. The number of carbonyl (C=O) groups is 2. The lowest BCUT2D eigenvalue weighted by molar-refractivity contribution is -0.116. The third-order valence-corrected chi connectivity index (χ3v) is 6.12. The molecule has 1 saturated heterocycles. The van der Waals surface area contributed by atoms with E-state index in [-0.39, 0.29) is 17.9 Å². The van der Waals surface area contributed by atoms with E-state index in [1.54, 1.807) is 0 Å². The molecule has 5 nitrogen and oxygen atoms in total. The molecule has 2 N–H and O–H groups in total. The summed E-state index contributed by atoms with van der Waals surface area (Å²) in [5.74, 6) is 0.342. The Kier molecular flexibility index (Phi) is 5.45. The molecule has 2 heterocycles. The average molecular weight is 382 g/mol. The molecule has 0 spiro atoms. The molecule has 2 aliphatic rings. The highest BCUT2D eigenvalue weighted by Gasteiger charge is 2.25. The van der Waals surface area contributed by atoms with Gasteiger partial charge < -0.3 is 15.5 Å². The number of hydrogen-bond donors (Lipinski definition) is 2. The van der Waals surface area contributed by atoms with E-state index < -0.39 is 0 Å². The monoisotopic (exact) mass is 381 g/mol. The first-order chi connectivity index (χ1) is 13.2. The van der Waals surface area contributed by atoms with Crippen molar-refractivity contribution in [2.24, 2.45) is 0 Å². The molecule has 0 saturated carbocycles. The number of nitrogens with one attached hydrogen (secondary N) is 2. The van der Waals surface area contributed by atoms with Gasteiger partial charge in [-0.2, -0.15) is 0 Å². The number of rotatable bonds is 5. The number of hydrogen-bond acceptors (Lipinski definition) is 4. The molecule has 1 fully saturated rings. The van der Waals surface area contributed by atoms with Crippen LogP contribution < -0.4 is 15.5 Å². The van der Waals surface area contributed by atoms with Crippen LogP contribution in [-0.2, 0) is 11.2 Å². The standard InChI is InChI=1S/C21H23N3O2S/c25-20(24-12-10-15-5-1-3-7-18(15)24)14-27-19-8-4-2-6-17(19)21(26)23-16-9-11-22-13-16/h1-8,16,22H,9-14H2,(H,23,26).